The number of carbonyl (C=O) groups is 1. The van der Waals surface area contributed by atoms with Crippen LogP contribution in [-0.4, -0.2) is 60.3 Å². The molecule has 1 aromatic heterocycles. The Balaban J connectivity index is 1.91. The highest BCUT2D eigenvalue weighted by Gasteiger charge is 2.41. The molecule has 2 atom stereocenters. The van der Waals surface area contributed by atoms with Gasteiger partial charge >= 0.3 is 5.97 Å². The summed E-state index contributed by atoms with van der Waals surface area (Å²) in [6.07, 6.45) is -0.0553. The molecule has 0 spiro atoms. The number of benzene rings is 1. The average Bonchev–Trinajstić information content (AvgIpc) is 2.61. The van der Waals surface area contributed by atoms with E-state index in [0.29, 0.717) is 18.6 Å². The van der Waals surface area contributed by atoms with E-state index in [1.807, 2.05) is 11.9 Å². The predicted octanol–water partition coefficient (Wildman–Crippen LogP) is 0.310. The third-order valence-electron chi connectivity index (χ3n) is 4.68. The molecule has 1 aromatic carbocycles. The number of aromatic nitrogens is 1. The minimum absolute atomic E-state index is 0.0529. The number of rotatable bonds is 3. The second-order valence-electron chi connectivity index (χ2n) is 6.39. The van der Waals surface area contributed by atoms with Gasteiger partial charge in [-0.2, -0.15) is 9.78 Å². The molecule has 2 N–H and O–H groups in total. The third-order valence-corrected chi connectivity index (χ3v) is 4.68. The molecule has 11 heteroatoms. The molecule has 4 rings (SSSR count). The summed E-state index contributed by atoms with van der Waals surface area (Å²) in [4.78, 5) is 37.5. The molecule has 3 heterocycles. The first-order valence-corrected chi connectivity index (χ1v) is 8.16. The highest BCUT2D eigenvalue weighted by molar-refractivity contribution is 5.93. The zero-order chi connectivity index (χ0) is 19.3. The molecule has 0 amide bonds. The van der Waals surface area contributed by atoms with Crippen molar-refractivity contribution in [1.29, 1.82) is 0 Å². The molecule has 2 aliphatic rings. The van der Waals surface area contributed by atoms with Gasteiger partial charge in [-0.3, -0.25) is 14.4 Å². The second kappa shape index (κ2) is 6.46. The van der Waals surface area contributed by atoms with Crippen LogP contribution in [0.3, 0.4) is 0 Å². The molecule has 2 bridgehead atoms. The molecule has 2 fully saturated rings. The van der Waals surface area contributed by atoms with Gasteiger partial charge in [-0.15, -0.1) is 0 Å². The van der Waals surface area contributed by atoms with Crippen LogP contribution in [0.5, 0.6) is 0 Å². The average molecular weight is 380 g/mol. The lowest BCUT2D eigenvalue weighted by atomic mass is 10.1. The van der Waals surface area contributed by atoms with Gasteiger partial charge in [-0.1, -0.05) is 5.04 Å². The maximum atomic E-state index is 14.9. The zero-order valence-corrected chi connectivity index (χ0v) is 14.5. The second-order valence-corrected chi connectivity index (χ2v) is 6.39. The molecular weight excluding hydrogens is 363 g/mol. The van der Waals surface area contributed by atoms with Crippen LogP contribution in [0.1, 0.15) is 10.4 Å². The van der Waals surface area contributed by atoms with Crippen molar-refractivity contribution in [2.24, 2.45) is 0 Å². The smallest absolute Gasteiger partial charge is 0.341 e. The fourth-order valence-corrected chi connectivity index (χ4v) is 3.42. The zero-order valence-electron chi connectivity index (χ0n) is 14.5. The minimum Gasteiger partial charge on any atom is -0.477 e. The number of pyridine rings is 1. The lowest BCUT2D eigenvalue weighted by Crippen LogP contribution is -2.62. The Morgan fingerprint density at radius 2 is 1.96 bits per heavy atom. The summed E-state index contributed by atoms with van der Waals surface area (Å²) in [5.74, 6) is -2.08. The molecule has 0 radical (unpaired) electrons. The van der Waals surface area contributed by atoms with E-state index in [-0.39, 0.29) is 11.1 Å². The summed E-state index contributed by atoms with van der Waals surface area (Å²) in [6, 6.07) is 2.49. The van der Waals surface area contributed by atoms with Crippen LogP contribution in [0.4, 0.5) is 10.1 Å². The summed E-state index contributed by atoms with van der Waals surface area (Å²) >= 11 is 0. The summed E-state index contributed by atoms with van der Waals surface area (Å²) in [6.45, 7) is 0.905. The number of aromatic carboxylic acids is 1. The Morgan fingerprint density at radius 1 is 1.30 bits per heavy atom. The fourth-order valence-electron chi connectivity index (χ4n) is 3.42. The number of carboxylic acids is 1. The van der Waals surface area contributed by atoms with Crippen LogP contribution in [0.25, 0.3) is 10.9 Å². The summed E-state index contributed by atoms with van der Waals surface area (Å²) in [5.41, 5.74) is 2.03. The molecule has 2 aliphatic heterocycles. The molecule has 0 aliphatic carbocycles. The molecular formula is C16H17FN4O6. The number of halogens is 1. The molecule has 0 saturated carbocycles. The van der Waals surface area contributed by atoms with Crippen molar-refractivity contribution in [3.63, 3.8) is 0 Å². The highest BCUT2D eigenvalue weighted by Crippen LogP contribution is 2.33. The number of likely N-dealkylation sites (N-methyl/N-ethyl adjacent to an activating group) is 1. The van der Waals surface area contributed by atoms with Gasteiger partial charge in [-0.25, -0.2) is 9.18 Å². The van der Waals surface area contributed by atoms with Gasteiger partial charge in [0.05, 0.1) is 16.6 Å². The standard InChI is InChI=1S/C16H17FN4O6/c1-18-20-5-9(16(23)24)15(22)8-3-10(17)12(4-11(8)20)21-13-6-19(2)7-14(21)26-27-25-13/h3-5,13-14,18H,6-7H2,1-2H3,(H,23,24). The topological polar surface area (TPSA) is 106 Å². The largest absolute Gasteiger partial charge is 0.477 e. The van der Waals surface area contributed by atoms with E-state index in [1.165, 1.54) is 10.7 Å². The first kappa shape index (κ1) is 17.7. The van der Waals surface area contributed by atoms with Gasteiger partial charge in [0.2, 0.25) is 5.43 Å². The molecule has 2 unspecified atom stereocenters. The number of fused-ring (bicyclic) bond motifs is 3. The minimum atomic E-state index is -1.39. The lowest BCUT2D eigenvalue weighted by Gasteiger charge is -2.47. The summed E-state index contributed by atoms with van der Waals surface area (Å²) in [7, 11) is 3.43. The van der Waals surface area contributed by atoms with Gasteiger partial charge < -0.3 is 15.4 Å². The molecule has 2 aromatic rings. The Morgan fingerprint density at radius 3 is 2.56 bits per heavy atom. The Bertz CT molecular complexity index is 966. The quantitative estimate of drug-likeness (QED) is 0.728. The Labute approximate surface area is 152 Å². The lowest BCUT2D eigenvalue weighted by molar-refractivity contribution is -0.568. The van der Waals surface area contributed by atoms with Crippen molar-refractivity contribution < 1.29 is 29.1 Å². The predicted molar refractivity (Wildman–Crippen MR) is 91.2 cm³/mol. The molecule has 2 saturated heterocycles. The number of nitrogens with one attached hydrogen (secondary N) is 1. The van der Waals surface area contributed by atoms with Crippen LogP contribution in [0.15, 0.2) is 23.1 Å². The van der Waals surface area contributed by atoms with Crippen molar-refractivity contribution in [3.8, 4) is 0 Å². The van der Waals surface area contributed by atoms with Crippen molar-refractivity contribution in [3.05, 3.63) is 39.9 Å². The third kappa shape index (κ3) is 2.80. The molecule has 10 nitrogen and oxygen atoms in total. The number of carboxylic acid groups (broad SMARTS) is 1. The monoisotopic (exact) mass is 380 g/mol. The maximum absolute atomic E-state index is 14.9. The highest BCUT2D eigenvalue weighted by atomic mass is 19.1. The van der Waals surface area contributed by atoms with Gasteiger partial charge in [0.15, 0.2) is 12.5 Å². The number of hydrogen-bond donors (Lipinski definition) is 2. The maximum Gasteiger partial charge on any atom is 0.341 e. The van der Waals surface area contributed by atoms with Crippen LogP contribution in [0, 0.1) is 5.82 Å². The fraction of sp³-hybridized carbons (Fsp3) is 0.375. The Kier molecular flexibility index (Phi) is 4.23. The van der Waals surface area contributed by atoms with E-state index in [1.54, 1.807) is 11.9 Å². The summed E-state index contributed by atoms with van der Waals surface area (Å²) in [5, 5.41) is 13.8. The van der Waals surface area contributed by atoms with E-state index in [2.05, 4.69) is 10.5 Å². The van der Waals surface area contributed by atoms with Gasteiger partial charge in [0.25, 0.3) is 0 Å². The van der Waals surface area contributed by atoms with Crippen LogP contribution in [-0.2, 0) is 14.8 Å². The van der Waals surface area contributed by atoms with E-state index in [0.717, 1.165) is 12.3 Å². The van der Waals surface area contributed by atoms with E-state index in [4.69, 9.17) is 9.78 Å². The van der Waals surface area contributed by atoms with Gasteiger partial charge in [0.1, 0.15) is 11.4 Å². The number of anilines is 1. The number of nitrogens with zero attached hydrogens (tertiary/aromatic N) is 3. The first-order valence-electron chi connectivity index (χ1n) is 8.16. The molecule has 144 valence electrons. The normalized spacial score (nSPS) is 22.9. The van der Waals surface area contributed by atoms with Crippen molar-refractivity contribution in [2.45, 2.75) is 12.5 Å². The van der Waals surface area contributed by atoms with Crippen molar-refractivity contribution in [2.75, 3.05) is 37.5 Å². The van der Waals surface area contributed by atoms with Gasteiger partial charge in [-0.05, 0) is 19.2 Å². The van der Waals surface area contributed by atoms with E-state index in [9.17, 15) is 19.1 Å². The van der Waals surface area contributed by atoms with Crippen LogP contribution < -0.4 is 15.8 Å². The number of piperazine rings is 1. The van der Waals surface area contributed by atoms with Gasteiger partial charge in [0, 0.05) is 26.3 Å². The van der Waals surface area contributed by atoms with E-state index >= 15 is 0 Å². The van der Waals surface area contributed by atoms with E-state index < -0.39 is 35.2 Å². The molecule has 27 heavy (non-hydrogen) atoms. The number of hydrogen-bond acceptors (Lipinski definition) is 8. The van der Waals surface area contributed by atoms with Crippen LogP contribution >= 0.6 is 0 Å². The van der Waals surface area contributed by atoms with Crippen LogP contribution in [0.2, 0.25) is 0 Å². The van der Waals surface area contributed by atoms with Crippen molar-refractivity contribution >= 4 is 22.6 Å². The first-order chi connectivity index (χ1) is 12.9. The Hall–Kier alpha value is -2.73. The SMILES string of the molecule is CNn1cc(C(=O)O)c(=O)c2cc(F)c(N3C4CN(C)CC3OOO4)cc21. The van der Waals surface area contributed by atoms with Crippen molar-refractivity contribution in [1.82, 2.24) is 9.58 Å². The summed E-state index contributed by atoms with van der Waals surface area (Å²) < 4.78 is 16.3.